The van der Waals surface area contributed by atoms with Gasteiger partial charge in [0.25, 0.3) is 0 Å². The second-order valence-corrected chi connectivity index (χ2v) is 11.1. The summed E-state index contributed by atoms with van der Waals surface area (Å²) in [5, 5.41) is 6.45. The van der Waals surface area contributed by atoms with Crippen LogP contribution in [0.25, 0.3) is 67.4 Å². The SMILES string of the molecule is Cc1cc(-n2c3c(c4ccccc42)=CC=CCC=3)ccc1-c1ccc(-n2c3ccccc3c3ccccc32)cc1C. The molecule has 0 spiro atoms. The molecule has 0 unspecified atom stereocenters. The number of nitrogens with zero attached hydrogens (tertiary/aromatic N) is 2. The number of hydrogen-bond donors (Lipinski definition) is 0. The Morgan fingerprint density at radius 3 is 1.63 bits per heavy atom. The van der Waals surface area contributed by atoms with Gasteiger partial charge >= 0.3 is 0 Å². The molecule has 0 N–H and O–H groups in total. The van der Waals surface area contributed by atoms with E-state index in [4.69, 9.17) is 0 Å². The van der Waals surface area contributed by atoms with E-state index in [1.54, 1.807) is 0 Å². The Bertz CT molecular complexity index is 2250. The van der Waals surface area contributed by atoms with Gasteiger partial charge in [-0.2, -0.15) is 0 Å². The van der Waals surface area contributed by atoms with Gasteiger partial charge in [0, 0.05) is 32.8 Å². The molecular formula is C39H30N2. The average Bonchev–Trinajstić information content (AvgIpc) is 3.38. The fourth-order valence-corrected chi connectivity index (χ4v) is 6.74. The second kappa shape index (κ2) is 9.25. The number of benzene rings is 5. The first kappa shape index (κ1) is 23.8. The van der Waals surface area contributed by atoms with Crippen molar-refractivity contribution >= 4 is 44.9 Å². The van der Waals surface area contributed by atoms with Crippen molar-refractivity contribution in [1.29, 1.82) is 0 Å². The van der Waals surface area contributed by atoms with Crippen molar-refractivity contribution in [2.24, 2.45) is 0 Å². The summed E-state index contributed by atoms with van der Waals surface area (Å²) in [5.74, 6) is 0. The molecule has 0 fully saturated rings. The zero-order chi connectivity index (χ0) is 27.5. The molecule has 0 aliphatic heterocycles. The Labute approximate surface area is 239 Å². The van der Waals surface area contributed by atoms with Gasteiger partial charge in [-0.3, -0.25) is 0 Å². The van der Waals surface area contributed by atoms with Gasteiger partial charge in [0.15, 0.2) is 0 Å². The maximum absolute atomic E-state index is 2.42. The zero-order valence-electron chi connectivity index (χ0n) is 23.3. The first-order chi connectivity index (χ1) is 20.2. The minimum absolute atomic E-state index is 0.939. The maximum Gasteiger partial charge on any atom is 0.0541 e. The van der Waals surface area contributed by atoms with Crippen LogP contribution < -0.4 is 10.6 Å². The Hall–Kier alpha value is -5.08. The number of hydrogen-bond acceptors (Lipinski definition) is 0. The van der Waals surface area contributed by atoms with Crippen LogP contribution in [0, 0.1) is 13.8 Å². The monoisotopic (exact) mass is 526 g/mol. The summed E-state index contributed by atoms with van der Waals surface area (Å²) in [6.07, 6.45) is 9.93. The third kappa shape index (κ3) is 3.64. The Morgan fingerprint density at radius 2 is 1.05 bits per heavy atom. The highest BCUT2D eigenvalue weighted by Crippen LogP contribution is 2.35. The van der Waals surface area contributed by atoms with Gasteiger partial charge in [0.2, 0.25) is 0 Å². The number of allylic oxidation sites excluding steroid dienone is 2. The van der Waals surface area contributed by atoms with E-state index in [9.17, 15) is 0 Å². The third-order valence-corrected chi connectivity index (χ3v) is 8.60. The van der Waals surface area contributed by atoms with Gasteiger partial charge < -0.3 is 9.13 Å². The molecule has 2 heteroatoms. The summed E-state index contributed by atoms with van der Waals surface area (Å²) in [6, 6.07) is 39.9. The van der Waals surface area contributed by atoms with Crippen LogP contribution in [0.3, 0.4) is 0 Å². The fraction of sp³-hybridized carbons (Fsp3) is 0.0769. The highest BCUT2D eigenvalue weighted by Gasteiger charge is 2.15. The van der Waals surface area contributed by atoms with Crippen molar-refractivity contribution in [2.45, 2.75) is 20.3 Å². The van der Waals surface area contributed by atoms with Crippen LogP contribution in [0.4, 0.5) is 0 Å². The molecule has 0 saturated heterocycles. The number of para-hydroxylation sites is 3. The maximum atomic E-state index is 2.42. The molecule has 1 aliphatic rings. The summed E-state index contributed by atoms with van der Waals surface area (Å²) in [4.78, 5) is 0. The molecule has 41 heavy (non-hydrogen) atoms. The molecule has 0 radical (unpaired) electrons. The normalized spacial score (nSPS) is 12.8. The molecule has 0 amide bonds. The third-order valence-electron chi connectivity index (χ3n) is 8.60. The lowest BCUT2D eigenvalue weighted by Gasteiger charge is -2.15. The Morgan fingerprint density at radius 1 is 0.537 bits per heavy atom. The molecule has 0 atom stereocenters. The Balaban J connectivity index is 1.25. The van der Waals surface area contributed by atoms with E-state index in [2.05, 4.69) is 156 Å². The molecule has 2 nitrogen and oxygen atoms in total. The summed E-state index contributed by atoms with van der Waals surface area (Å²) in [6.45, 7) is 4.47. The van der Waals surface area contributed by atoms with Gasteiger partial charge in [-0.1, -0.05) is 91.0 Å². The van der Waals surface area contributed by atoms with E-state index in [0.29, 0.717) is 0 Å². The standard InChI is InChI=1S/C39H30N2/c1-26-24-28(40-36-16-5-3-4-12-32(36)33-13-6-9-17-37(33)40)20-22-30(26)31-23-21-29(25-27(31)2)41-38-18-10-7-14-34(38)35-15-8-11-19-39(35)41/h3-4,6-25H,5H2,1-2H3. The first-order valence-electron chi connectivity index (χ1n) is 14.4. The van der Waals surface area contributed by atoms with Gasteiger partial charge in [0.05, 0.1) is 21.9 Å². The average molecular weight is 527 g/mol. The second-order valence-electron chi connectivity index (χ2n) is 11.1. The van der Waals surface area contributed by atoms with Gasteiger partial charge in [0.1, 0.15) is 0 Å². The van der Waals surface area contributed by atoms with E-state index in [1.165, 1.54) is 76.9 Å². The molecule has 7 aromatic rings. The van der Waals surface area contributed by atoms with Crippen LogP contribution in [0.2, 0.25) is 0 Å². The van der Waals surface area contributed by atoms with E-state index in [1.807, 2.05) is 0 Å². The lowest BCUT2D eigenvalue weighted by atomic mass is 9.95. The van der Waals surface area contributed by atoms with Gasteiger partial charge in [-0.25, -0.2) is 0 Å². The number of aromatic nitrogens is 2. The number of rotatable bonds is 3. The highest BCUT2D eigenvalue weighted by atomic mass is 15.0. The molecule has 196 valence electrons. The van der Waals surface area contributed by atoms with Crippen molar-refractivity contribution in [3.05, 3.63) is 143 Å². The molecule has 8 rings (SSSR count). The van der Waals surface area contributed by atoms with Crippen LogP contribution in [0.5, 0.6) is 0 Å². The van der Waals surface area contributed by atoms with Crippen molar-refractivity contribution in [1.82, 2.24) is 9.13 Å². The first-order valence-corrected chi connectivity index (χ1v) is 14.4. The molecule has 1 aliphatic carbocycles. The minimum Gasteiger partial charge on any atom is -0.310 e. The highest BCUT2D eigenvalue weighted by molar-refractivity contribution is 6.09. The van der Waals surface area contributed by atoms with Gasteiger partial charge in [-0.15, -0.1) is 0 Å². The molecular weight excluding hydrogens is 496 g/mol. The van der Waals surface area contributed by atoms with E-state index >= 15 is 0 Å². The van der Waals surface area contributed by atoms with Crippen LogP contribution in [0.15, 0.2) is 121 Å². The summed E-state index contributed by atoms with van der Waals surface area (Å²) < 4.78 is 4.81. The molecule has 0 bridgehead atoms. The predicted octanol–water partition coefficient (Wildman–Crippen LogP) is 8.53. The van der Waals surface area contributed by atoms with Crippen LogP contribution in [0.1, 0.15) is 17.5 Å². The largest absolute Gasteiger partial charge is 0.310 e. The quantitative estimate of drug-likeness (QED) is 0.218. The topological polar surface area (TPSA) is 9.86 Å². The van der Waals surface area contributed by atoms with Crippen LogP contribution in [-0.2, 0) is 0 Å². The van der Waals surface area contributed by atoms with Gasteiger partial charge in [-0.05, 0) is 85.0 Å². The minimum atomic E-state index is 0.939. The van der Waals surface area contributed by atoms with Crippen molar-refractivity contribution < 1.29 is 0 Å². The van der Waals surface area contributed by atoms with E-state index in [-0.39, 0.29) is 0 Å². The van der Waals surface area contributed by atoms with Crippen LogP contribution >= 0.6 is 0 Å². The fourth-order valence-electron chi connectivity index (χ4n) is 6.74. The molecule has 5 aromatic carbocycles. The number of aryl methyl sites for hydroxylation is 2. The van der Waals surface area contributed by atoms with Crippen LogP contribution in [-0.4, -0.2) is 9.13 Å². The summed E-state index contributed by atoms with van der Waals surface area (Å²) in [5.41, 5.74) is 11.2. The summed E-state index contributed by atoms with van der Waals surface area (Å²) >= 11 is 0. The number of fused-ring (bicyclic) bond motifs is 6. The molecule has 2 aromatic heterocycles. The molecule has 2 heterocycles. The lowest BCUT2D eigenvalue weighted by Crippen LogP contribution is -2.27. The van der Waals surface area contributed by atoms with E-state index < -0.39 is 0 Å². The van der Waals surface area contributed by atoms with E-state index in [0.717, 1.165) is 6.42 Å². The Kier molecular flexibility index (Phi) is 5.36. The summed E-state index contributed by atoms with van der Waals surface area (Å²) in [7, 11) is 0. The predicted molar refractivity (Wildman–Crippen MR) is 174 cm³/mol. The smallest absolute Gasteiger partial charge is 0.0541 e. The van der Waals surface area contributed by atoms with Crippen molar-refractivity contribution in [3.63, 3.8) is 0 Å². The lowest BCUT2D eigenvalue weighted by molar-refractivity contribution is 1.06. The van der Waals surface area contributed by atoms with Crippen molar-refractivity contribution in [3.8, 4) is 22.5 Å². The molecule has 0 saturated carbocycles. The van der Waals surface area contributed by atoms with Crippen molar-refractivity contribution in [2.75, 3.05) is 0 Å². The zero-order valence-corrected chi connectivity index (χ0v) is 23.3.